The number of unbranched alkanes of at least 4 members (excludes halogenated alkanes) is 1. The molecule has 140 valence electrons. The van der Waals surface area contributed by atoms with E-state index in [0.717, 1.165) is 29.7 Å². The minimum atomic E-state index is 0.00992. The van der Waals surface area contributed by atoms with E-state index in [1.807, 2.05) is 47.9 Å². The van der Waals surface area contributed by atoms with E-state index in [1.165, 1.54) is 11.8 Å². The molecule has 0 unspecified atom stereocenters. The summed E-state index contributed by atoms with van der Waals surface area (Å²) in [6.45, 7) is 4.86. The number of hydrogen-bond acceptors (Lipinski definition) is 5. The van der Waals surface area contributed by atoms with Gasteiger partial charge in [-0.1, -0.05) is 43.3 Å². The van der Waals surface area contributed by atoms with Gasteiger partial charge >= 0.3 is 0 Å². The fourth-order valence-corrected chi connectivity index (χ4v) is 3.44. The highest BCUT2D eigenvalue weighted by atomic mass is 32.2. The number of aryl methyl sites for hydroxylation is 1. The lowest BCUT2D eigenvalue weighted by Gasteiger charge is -2.12. The summed E-state index contributed by atoms with van der Waals surface area (Å²) in [5.41, 5.74) is 2.99. The SMILES string of the molecule is CCCCNC(=O)CSc1nnc(-c2cccnc2)n1-c1ccccc1C. The Hall–Kier alpha value is -2.67. The molecule has 3 rings (SSSR count). The molecule has 0 saturated heterocycles. The fourth-order valence-electron chi connectivity index (χ4n) is 2.66. The highest BCUT2D eigenvalue weighted by molar-refractivity contribution is 7.99. The Morgan fingerprint density at radius 3 is 2.78 bits per heavy atom. The molecule has 1 aromatic carbocycles. The normalized spacial score (nSPS) is 10.7. The Labute approximate surface area is 163 Å². The van der Waals surface area contributed by atoms with Crippen molar-refractivity contribution >= 4 is 17.7 Å². The van der Waals surface area contributed by atoms with Crippen molar-refractivity contribution in [1.29, 1.82) is 0 Å². The second kappa shape index (κ2) is 9.32. The van der Waals surface area contributed by atoms with Crippen LogP contribution in [0.2, 0.25) is 0 Å². The Morgan fingerprint density at radius 1 is 1.19 bits per heavy atom. The number of thioether (sulfide) groups is 1. The third kappa shape index (κ3) is 4.74. The van der Waals surface area contributed by atoms with E-state index in [4.69, 9.17) is 0 Å². The molecule has 6 nitrogen and oxygen atoms in total. The van der Waals surface area contributed by atoms with Crippen LogP contribution in [-0.4, -0.2) is 38.0 Å². The van der Waals surface area contributed by atoms with E-state index >= 15 is 0 Å². The third-order valence-corrected chi connectivity index (χ3v) is 5.02. The van der Waals surface area contributed by atoms with Crippen molar-refractivity contribution in [1.82, 2.24) is 25.1 Å². The first-order valence-corrected chi connectivity index (χ1v) is 10.0. The van der Waals surface area contributed by atoms with Crippen LogP contribution in [0, 0.1) is 6.92 Å². The summed E-state index contributed by atoms with van der Waals surface area (Å²) in [6.07, 6.45) is 5.55. The van der Waals surface area contributed by atoms with E-state index in [0.29, 0.717) is 23.3 Å². The van der Waals surface area contributed by atoms with Gasteiger partial charge in [0.15, 0.2) is 11.0 Å². The number of carbonyl (C=O) groups excluding carboxylic acids is 1. The van der Waals surface area contributed by atoms with E-state index in [2.05, 4.69) is 27.4 Å². The van der Waals surface area contributed by atoms with E-state index in [9.17, 15) is 4.79 Å². The molecule has 0 radical (unpaired) electrons. The van der Waals surface area contributed by atoms with Gasteiger partial charge in [-0.25, -0.2) is 0 Å². The van der Waals surface area contributed by atoms with Crippen LogP contribution in [-0.2, 0) is 4.79 Å². The van der Waals surface area contributed by atoms with Gasteiger partial charge in [-0.3, -0.25) is 14.3 Å². The van der Waals surface area contributed by atoms with Crippen molar-refractivity contribution in [3.8, 4) is 17.1 Å². The lowest BCUT2D eigenvalue weighted by Crippen LogP contribution is -2.26. The van der Waals surface area contributed by atoms with E-state index in [1.54, 1.807) is 12.4 Å². The standard InChI is InChI=1S/C20H23N5OS/c1-3-4-12-22-18(26)14-27-20-24-23-19(16-9-7-11-21-13-16)25(20)17-10-6-5-8-15(17)2/h5-11,13H,3-4,12,14H2,1-2H3,(H,22,26). The summed E-state index contributed by atoms with van der Waals surface area (Å²) >= 11 is 1.39. The molecule has 0 aliphatic rings. The molecule has 3 aromatic rings. The Bertz CT molecular complexity index is 894. The maximum Gasteiger partial charge on any atom is 0.230 e. The molecule has 1 N–H and O–H groups in total. The van der Waals surface area contributed by atoms with Gasteiger partial charge in [-0.05, 0) is 37.1 Å². The number of rotatable bonds is 8. The Morgan fingerprint density at radius 2 is 2.04 bits per heavy atom. The van der Waals surface area contributed by atoms with Crippen LogP contribution in [0.3, 0.4) is 0 Å². The highest BCUT2D eigenvalue weighted by Crippen LogP contribution is 2.28. The summed E-state index contributed by atoms with van der Waals surface area (Å²) in [5, 5.41) is 12.3. The molecule has 0 bridgehead atoms. The number of amides is 1. The molecular weight excluding hydrogens is 358 g/mol. The van der Waals surface area contributed by atoms with Gasteiger partial charge in [0.2, 0.25) is 5.91 Å². The first kappa shape index (κ1) is 19.1. The number of para-hydroxylation sites is 1. The van der Waals surface area contributed by atoms with Gasteiger partial charge in [0.05, 0.1) is 11.4 Å². The molecule has 2 aromatic heterocycles. The number of carbonyl (C=O) groups is 1. The minimum Gasteiger partial charge on any atom is -0.355 e. The lowest BCUT2D eigenvalue weighted by atomic mass is 10.2. The van der Waals surface area contributed by atoms with Crippen LogP contribution in [0.5, 0.6) is 0 Å². The number of nitrogens with one attached hydrogen (secondary N) is 1. The molecular formula is C20H23N5OS. The molecule has 0 fully saturated rings. The van der Waals surface area contributed by atoms with Crippen molar-refractivity contribution in [2.24, 2.45) is 0 Å². The number of aromatic nitrogens is 4. The predicted octanol–water partition coefficient (Wildman–Crippen LogP) is 3.65. The zero-order chi connectivity index (χ0) is 19.1. The fraction of sp³-hybridized carbons (Fsp3) is 0.300. The molecule has 0 aliphatic carbocycles. The lowest BCUT2D eigenvalue weighted by molar-refractivity contribution is -0.118. The zero-order valence-electron chi connectivity index (χ0n) is 15.6. The molecule has 2 heterocycles. The van der Waals surface area contributed by atoms with Gasteiger partial charge in [-0.2, -0.15) is 0 Å². The summed E-state index contributed by atoms with van der Waals surface area (Å²) in [5.74, 6) is 1.03. The van der Waals surface area contributed by atoms with Crippen LogP contribution in [0.25, 0.3) is 17.1 Å². The second-order valence-electron chi connectivity index (χ2n) is 6.16. The average molecular weight is 382 g/mol. The van der Waals surface area contributed by atoms with Crippen LogP contribution in [0.1, 0.15) is 25.3 Å². The van der Waals surface area contributed by atoms with Crippen molar-refractivity contribution in [3.05, 3.63) is 54.4 Å². The maximum atomic E-state index is 12.1. The number of benzene rings is 1. The van der Waals surface area contributed by atoms with Gasteiger partial charge in [0, 0.05) is 24.5 Å². The van der Waals surface area contributed by atoms with Crippen molar-refractivity contribution in [2.45, 2.75) is 31.8 Å². The Balaban J connectivity index is 1.89. The summed E-state index contributed by atoms with van der Waals surface area (Å²) < 4.78 is 2.00. The van der Waals surface area contributed by atoms with Crippen LogP contribution < -0.4 is 5.32 Å². The minimum absolute atomic E-state index is 0.00992. The molecule has 1 amide bonds. The first-order valence-electron chi connectivity index (χ1n) is 9.02. The Kier molecular flexibility index (Phi) is 6.59. The van der Waals surface area contributed by atoms with E-state index in [-0.39, 0.29) is 5.91 Å². The number of nitrogens with zero attached hydrogens (tertiary/aromatic N) is 4. The average Bonchev–Trinajstić information content (AvgIpc) is 3.11. The van der Waals surface area contributed by atoms with Crippen molar-refractivity contribution in [3.63, 3.8) is 0 Å². The van der Waals surface area contributed by atoms with Crippen LogP contribution in [0.15, 0.2) is 53.9 Å². The van der Waals surface area contributed by atoms with E-state index < -0.39 is 0 Å². The summed E-state index contributed by atoms with van der Waals surface area (Å²) in [4.78, 5) is 16.3. The number of pyridine rings is 1. The maximum absolute atomic E-state index is 12.1. The molecule has 0 aliphatic heterocycles. The van der Waals surface area contributed by atoms with Crippen LogP contribution >= 0.6 is 11.8 Å². The summed E-state index contributed by atoms with van der Waals surface area (Å²) in [6, 6.07) is 11.9. The van der Waals surface area contributed by atoms with Crippen molar-refractivity contribution < 1.29 is 4.79 Å². The second-order valence-corrected chi connectivity index (χ2v) is 7.10. The highest BCUT2D eigenvalue weighted by Gasteiger charge is 2.18. The molecule has 0 spiro atoms. The topological polar surface area (TPSA) is 72.7 Å². The largest absolute Gasteiger partial charge is 0.355 e. The summed E-state index contributed by atoms with van der Waals surface area (Å²) in [7, 11) is 0. The smallest absolute Gasteiger partial charge is 0.230 e. The van der Waals surface area contributed by atoms with Gasteiger partial charge in [0.25, 0.3) is 0 Å². The molecule has 0 atom stereocenters. The quantitative estimate of drug-likeness (QED) is 0.476. The molecule has 7 heteroatoms. The first-order chi connectivity index (χ1) is 13.2. The van der Waals surface area contributed by atoms with Crippen molar-refractivity contribution in [2.75, 3.05) is 12.3 Å². The van der Waals surface area contributed by atoms with Gasteiger partial charge in [0.1, 0.15) is 0 Å². The van der Waals surface area contributed by atoms with Gasteiger partial charge < -0.3 is 5.32 Å². The molecule has 27 heavy (non-hydrogen) atoms. The molecule has 0 saturated carbocycles. The van der Waals surface area contributed by atoms with Crippen LogP contribution in [0.4, 0.5) is 0 Å². The van der Waals surface area contributed by atoms with Gasteiger partial charge in [-0.15, -0.1) is 10.2 Å². The number of hydrogen-bond donors (Lipinski definition) is 1. The predicted molar refractivity (Wildman–Crippen MR) is 108 cm³/mol. The monoisotopic (exact) mass is 381 g/mol. The third-order valence-electron chi connectivity index (χ3n) is 4.09. The zero-order valence-corrected chi connectivity index (χ0v) is 16.4.